The zero-order valence-electron chi connectivity index (χ0n) is 26.4. The van der Waals surface area contributed by atoms with Crippen LogP contribution in [0.2, 0.25) is 0 Å². The smallest absolute Gasteiger partial charge is 0.411 e. The predicted molar refractivity (Wildman–Crippen MR) is 162 cm³/mol. The Labute approximate surface area is 254 Å². The van der Waals surface area contributed by atoms with Gasteiger partial charge in [0.25, 0.3) is 0 Å². The largest absolute Gasteiger partial charge is 0.497 e. The van der Waals surface area contributed by atoms with Crippen molar-refractivity contribution in [3.8, 4) is 11.5 Å². The molecule has 13 nitrogen and oxygen atoms in total. The summed E-state index contributed by atoms with van der Waals surface area (Å²) in [6, 6.07) is 14.4. The van der Waals surface area contributed by atoms with Crippen molar-refractivity contribution in [3.63, 3.8) is 0 Å². The van der Waals surface area contributed by atoms with Gasteiger partial charge in [0.2, 0.25) is 0 Å². The van der Waals surface area contributed by atoms with Crippen LogP contribution in [-0.2, 0) is 37.3 Å². The fourth-order valence-electron chi connectivity index (χ4n) is 3.65. The van der Waals surface area contributed by atoms with E-state index in [0.717, 1.165) is 11.3 Å². The molecule has 0 aromatic heterocycles. The first-order valence-corrected chi connectivity index (χ1v) is 14.8. The summed E-state index contributed by atoms with van der Waals surface area (Å²) in [6.45, 7) is 2.24. The molecule has 0 N–H and O–H groups in total. The fourth-order valence-corrected chi connectivity index (χ4v) is 5.27. The SMILES string of the molecule is CCOC(=O)N(CC(OC)OC)C(c1ccc(OC)cc1)P(=O)(OC)OC.COc1ccc(C=NCC(OC)OC)cc1. The Hall–Kier alpha value is -3.03. The zero-order chi connectivity index (χ0) is 32.3. The van der Waals surface area contributed by atoms with Crippen LogP contribution in [0.15, 0.2) is 53.5 Å². The first-order valence-electron chi connectivity index (χ1n) is 13.2. The molecule has 242 valence electrons. The van der Waals surface area contributed by atoms with Gasteiger partial charge in [-0.15, -0.1) is 0 Å². The molecule has 0 bridgehead atoms. The van der Waals surface area contributed by atoms with E-state index < -0.39 is 25.8 Å². The van der Waals surface area contributed by atoms with E-state index in [1.165, 1.54) is 40.4 Å². The summed E-state index contributed by atoms with van der Waals surface area (Å²) in [5, 5.41) is 0. The number of benzene rings is 2. The van der Waals surface area contributed by atoms with E-state index in [4.69, 9.17) is 42.2 Å². The highest BCUT2D eigenvalue weighted by molar-refractivity contribution is 7.54. The number of hydrogen-bond acceptors (Lipinski definition) is 12. The van der Waals surface area contributed by atoms with Crippen LogP contribution in [0.5, 0.6) is 11.5 Å². The second-order valence-corrected chi connectivity index (χ2v) is 10.8. The Morgan fingerprint density at radius 3 is 1.70 bits per heavy atom. The minimum atomic E-state index is -3.77. The lowest BCUT2D eigenvalue weighted by molar-refractivity contribution is -0.115. The normalized spacial score (nSPS) is 12.2. The summed E-state index contributed by atoms with van der Waals surface area (Å²) in [6.07, 6.45) is 0.0309. The molecule has 0 spiro atoms. The van der Waals surface area contributed by atoms with Crippen molar-refractivity contribution in [1.29, 1.82) is 0 Å². The van der Waals surface area contributed by atoms with Gasteiger partial charge in [-0.05, 0) is 54.4 Å². The molecule has 1 atom stereocenters. The number of carbonyl (C=O) groups is 1. The predicted octanol–water partition coefficient (Wildman–Crippen LogP) is 4.99. The van der Waals surface area contributed by atoms with Gasteiger partial charge in [0.15, 0.2) is 18.4 Å². The molecule has 1 unspecified atom stereocenters. The third-order valence-electron chi connectivity index (χ3n) is 6.03. The van der Waals surface area contributed by atoms with E-state index in [9.17, 15) is 9.36 Å². The lowest BCUT2D eigenvalue weighted by Gasteiger charge is -2.35. The molecular weight excluding hydrogens is 583 g/mol. The second kappa shape index (κ2) is 20.8. The molecule has 0 aliphatic heterocycles. The van der Waals surface area contributed by atoms with Gasteiger partial charge in [-0.1, -0.05) is 12.1 Å². The van der Waals surface area contributed by atoms with Crippen molar-refractivity contribution in [1.82, 2.24) is 4.90 Å². The quantitative estimate of drug-likeness (QED) is 0.133. The van der Waals surface area contributed by atoms with Crippen molar-refractivity contribution in [2.24, 2.45) is 4.99 Å². The maximum absolute atomic E-state index is 13.3. The molecule has 0 aliphatic rings. The molecule has 0 saturated heterocycles. The number of carbonyl (C=O) groups excluding carboxylic acids is 1. The highest BCUT2D eigenvalue weighted by Gasteiger charge is 2.44. The average molecular weight is 629 g/mol. The first-order chi connectivity index (χ1) is 20.7. The topological polar surface area (TPSA) is 133 Å². The second-order valence-electron chi connectivity index (χ2n) is 8.47. The molecule has 14 heteroatoms. The van der Waals surface area contributed by atoms with Gasteiger partial charge in [-0.25, -0.2) is 4.79 Å². The van der Waals surface area contributed by atoms with Gasteiger partial charge in [-0.3, -0.25) is 14.5 Å². The molecule has 0 fully saturated rings. The van der Waals surface area contributed by atoms with Crippen LogP contribution in [0.25, 0.3) is 0 Å². The van der Waals surface area contributed by atoms with Crippen LogP contribution in [0, 0.1) is 0 Å². The molecule has 0 radical (unpaired) electrons. The summed E-state index contributed by atoms with van der Waals surface area (Å²) in [5.74, 6) is 0.366. The lowest BCUT2D eigenvalue weighted by Crippen LogP contribution is -2.42. The van der Waals surface area contributed by atoms with E-state index in [1.54, 1.807) is 58.7 Å². The van der Waals surface area contributed by atoms with Gasteiger partial charge >= 0.3 is 13.7 Å². The van der Waals surface area contributed by atoms with Crippen molar-refractivity contribution < 1.29 is 51.6 Å². The summed E-state index contributed by atoms with van der Waals surface area (Å²) >= 11 is 0. The number of methoxy groups -OCH3 is 6. The van der Waals surface area contributed by atoms with E-state index in [2.05, 4.69) is 4.99 Å². The van der Waals surface area contributed by atoms with Crippen molar-refractivity contribution in [2.75, 3.05) is 76.6 Å². The molecule has 0 saturated carbocycles. The maximum atomic E-state index is 13.3. The Morgan fingerprint density at radius 2 is 1.28 bits per heavy atom. The third kappa shape index (κ3) is 12.2. The van der Waals surface area contributed by atoms with Crippen LogP contribution in [-0.4, -0.2) is 106 Å². The van der Waals surface area contributed by atoms with E-state index in [1.807, 2.05) is 24.3 Å². The zero-order valence-corrected chi connectivity index (χ0v) is 27.3. The molecule has 0 heterocycles. The highest BCUT2D eigenvalue weighted by Crippen LogP contribution is 2.61. The highest BCUT2D eigenvalue weighted by atomic mass is 31.2. The minimum absolute atomic E-state index is 0.0563. The molecule has 2 aromatic rings. The van der Waals surface area contributed by atoms with Gasteiger partial charge in [0, 0.05) is 48.9 Å². The van der Waals surface area contributed by atoms with Crippen LogP contribution in [0.3, 0.4) is 0 Å². The number of hydrogen-bond donors (Lipinski definition) is 0. The van der Waals surface area contributed by atoms with Crippen molar-refractivity contribution in [2.45, 2.75) is 25.3 Å². The lowest BCUT2D eigenvalue weighted by atomic mass is 10.2. The molecule has 0 aliphatic carbocycles. The average Bonchev–Trinajstić information content (AvgIpc) is 3.05. The van der Waals surface area contributed by atoms with E-state index in [-0.39, 0.29) is 19.4 Å². The molecular formula is C29H45N2O11P. The Balaban J connectivity index is 0.000000490. The monoisotopic (exact) mass is 628 g/mol. The van der Waals surface area contributed by atoms with Crippen LogP contribution < -0.4 is 9.47 Å². The maximum Gasteiger partial charge on any atom is 0.411 e. The first kappa shape index (κ1) is 38.0. The van der Waals surface area contributed by atoms with Crippen LogP contribution in [0.1, 0.15) is 23.8 Å². The van der Waals surface area contributed by atoms with E-state index in [0.29, 0.717) is 17.9 Å². The molecule has 2 aromatic carbocycles. The van der Waals surface area contributed by atoms with Gasteiger partial charge < -0.3 is 42.2 Å². The van der Waals surface area contributed by atoms with Gasteiger partial charge in [-0.2, -0.15) is 0 Å². The molecule has 43 heavy (non-hydrogen) atoms. The fraction of sp³-hybridized carbons (Fsp3) is 0.517. The Bertz CT molecular complexity index is 1100. The van der Waals surface area contributed by atoms with Gasteiger partial charge in [0.05, 0.1) is 33.9 Å². The third-order valence-corrected chi connectivity index (χ3v) is 8.22. The Kier molecular flexibility index (Phi) is 18.4. The van der Waals surface area contributed by atoms with Crippen molar-refractivity contribution in [3.05, 3.63) is 59.7 Å². The van der Waals surface area contributed by atoms with Crippen molar-refractivity contribution >= 4 is 19.9 Å². The summed E-state index contributed by atoms with van der Waals surface area (Å²) < 4.78 is 59.5. The van der Waals surface area contributed by atoms with Gasteiger partial charge in [0.1, 0.15) is 11.5 Å². The summed E-state index contributed by atoms with van der Waals surface area (Å²) in [7, 11) is 7.98. The van der Waals surface area contributed by atoms with Crippen LogP contribution in [0.4, 0.5) is 4.79 Å². The Morgan fingerprint density at radius 1 is 0.791 bits per heavy atom. The standard InChI is InChI=1S/C17H28NO8P.C12H17NO3/c1-7-26-17(19)18(12-15(22-3)23-4)16(27(20,24-5)25-6)13-8-10-14(21-2)11-9-13;1-14-11-6-4-10(5-7-11)8-13-9-12(15-2)16-3/h8-11,15-16H,7,12H2,1-6H3;4-8,12H,9H2,1-3H3. The number of amides is 1. The number of aliphatic imine (C=N–C) groups is 1. The molecule has 2 rings (SSSR count). The number of ether oxygens (including phenoxy) is 7. The van der Waals surface area contributed by atoms with Crippen LogP contribution >= 0.6 is 7.60 Å². The minimum Gasteiger partial charge on any atom is -0.497 e. The number of nitrogens with zero attached hydrogens (tertiary/aromatic N) is 2. The summed E-state index contributed by atoms with van der Waals surface area (Å²) in [4.78, 5) is 18.1. The van der Waals surface area contributed by atoms with E-state index >= 15 is 0 Å². The summed E-state index contributed by atoms with van der Waals surface area (Å²) in [5.41, 5.74) is 1.54. The number of rotatable bonds is 17. The molecule has 1 amide bonds.